The van der Waals surface area contributed by atoms with E-state index in [1.807, 2.05) is 36.0 Å². The number of nitrogens with zero attached hydrogens (tertiary/aromatic N) is 1. The molecule has 21 heavy (non-hydrogen) atoms. The van der Waals surface area contributed by atoms with Crippen molar-refractivity contribution < 1.29 is 9.59 Å². The maximum atomic E-state index is 12.2. The molecule has 0 fully saturated rings. The number of carbonyl (C=O) groups is 2. The van der Waals surface area contributed by atoms with Gasteiger partial charge in [0.05, 0.1) is 6.54 Å². The number of benzene rings is 1. The first-order valence-electron chi connectivity index (χ1n) is 6.94. The van der Waals surface area contributed by atoms with Crippen molar-refractivity contribution in [3.05, 3.63) is 53.3 Å². The molecule has 0 radical (unpaired) electrons. The minimum Gasteiger partial charge on any atom is -0.353 e. The van der Waals surface area contributed by atoms with Crippen LogP contribution >= 0.6 is 0 Å². The van der Waals surface area contributed by atoms with Crippen LogP contribution in [-0.2, 0) is 24.8 Å². The molecule has 1 aliphatic rings. The highest BCUT2D eigenvalue weighted by Crippen LogP contribution is 2.23. The number of carbonyl (C=O) groups excluding carboxylic acids is 2. The highest BCUT2D eigenvalue weighted by molar-refractivity contribution is 5.97. The summed E-state index contributed by atoms with van der Waals surface area (Å²) in [4.78, 5) is 23.5. The summed E-state index contributed by atoms with van der Waals surface area (Å²) in [6.07, 6.45) is 3.10. The zero-order valence-corrected chi connectivity index (χ0v) is 11.8. The maximum Gasteiger partial charge on any atom is 0.251 e. The van der Waals surface area contributed by atoms with Crippen molar-refractivity contribution in [1.82, 2.24) is 9.88 Å². The highest BCUT2D eigenvalue weighted by Gasteiger charge is 2.16. The third-order valence-electron chi connectivity index (χ3n) is 3.74. The Hall–Kier alpha value is -2.56. The summed E-state index contributed by atoms with van der Waals surface area (Å²) in [6, 6.07) is 9.31. The number of aromatic nitrogens is 1. The van der Waals surface area contributed by atoms with E-state index in [4.69, 9.17) is 0 Å². The second-order valence-electron chi connectivity index (χ2n) is 5.21. The molecule has 2 heterocycles. The first kappa shape index (κ1) is 13.4. The fraction of sp³-hybridized carbons (Fsp3) is 0.250. The van der Waals surface area contributed by atoms with Crippen LogP contribution in [0.2, 0.25) is 0 Å². The third kappa shape index (κ3) is 2.81. The van der Waals surface area contributed by atoms with E-state index in [9.17, 15) is 9.59 Å². The summed E-state index contributed by atoms with van der Waals surface area (Å²) in [7, 11) is 1.95. The zero-order valence-electron chi connectivity index (χ0n) is 11.8. The van der Waals surface area contributed by atoms with Gasteiger partial charge in [0.1, 0.15) is 0 Å². The number of aryl methyl sites for hydroxylation is 2. The number of hydrogen-bond acceptors (Lipinski definition) is 2. The van der Waals surface area contributed by atoms with Crippen LogP contribution in [0.25, 0.3) is 0 Å². The summed E-state index contributed by atoms with van der Waals surface area (Å²) >= 11 is 0. The van der Waals surface area contributed by atoms with E-state index in [2.05, 4.69) is 10.6 Å². The first-order valence-corrected chi connectivity index (χ1v) is 6.94. The molecule has 5 nitrogen and oxygen atoms in total. The van der Waals surface area contributed by atoms with Crippen molar-refractivity contribution in [2.75, 3.05) is 5.32 Å². The van der Waals surface area contributed by atoms with Gasteiger partial charge in [-0.15, -0.1) is 0 Å². The predicted molar refractivity (Wildman–Crippen MR) is 80.0 cm³/mol. The second kappa shape index (κ2) is 5.44. The van der Waals surface area contributed by atoms with Crippen LogP contribution in [0.4, 0.5) is 5.69 Å². The van der Waals surface area contributed by atoms with Crippen LogP contribution in [0.15, 0.2) is 36.5 Å². The summed E-state index contributed by atoms with van der Waals surface area (Å²) in [5.74, 6) is -0.0701. The lowest BCUT2D eigenvalue weighted by molar-refractivity contribution is -0.116. The molecule has 1 aromatic carbocycles. The van der Waals surface area contributed by atoms with E-state index >= 15 is 0 Å². The van der Waals surface area contributed by atoms with Crippen molar-refractivity contribution in [3.8, 4) is 0 Å². The standard InChI is InChI=1S/C16H17N3O2/c1-19-8-2-3-13(19)10-17-16(21)12-4-6-14-11(9-12)5-7-15(20)18-14/h2-4,6,8-9H,5,7,10H2,1H3,(H,17,21)(H,18,20). The zero-order chi connectivity index (χ0) is 14.8. The third-order valence-corrected chi connectivity index (χ3v) is 3.74. The van der Waals surface area contributed by atoms with Crippen LogP contribution in [0.3, 0.4) is 0 Å². The van der Waals surface area contributed by atoms with E-state index in [1.165, 1.54) is 0 Å². The fourth-order valence-corrected chi connectivity index (χ4v) is 2.48. The van der Waals surface area contributed by atoms with Crippen molar-refractivity contribution in [1.29, 1.82) is 0 Å². The Morgan fingerprint density at radius 2 is 2.19 bits per heavy atom. The number of rotatable bonds is 3. The van der Waals surface area contributed by atoms with Crippen LogP contribution in [-0.4, -0.2) is 16.4 Å². The summed E-state index contributed by atoms with van der Waals surface area (Å²) < 4.78 is 1.97. The summed E-state index contributed by atoms with van der Waals surface area (Å²) in [5.41, 5.74) is 3.50. The van der Waals surface area contributed by atoms with Gasteiger partial charge in [0, 0.05) is 36.6 Å². The highest BCUT2D eigenvalue weighted by atomic mass is 16.2. The molecule has 2 amide bonds. The van der Waals surface area contributed by atoms with Gasteiger partial charge in [-0.1, -0.05) is 0 Å². The second-order valence-corrected chi connectivity index (χ2v) is 5.21. The Kier molecular flexibility index (Phi) is 3.48. The number of amides is 2. The molecule has 5 heteroatoms. The van der Waals surface area contributed by atoms with Gasteiger partial charge < -0.3 is 15.2 Å². The Bertz CT molecular complexity index is 703. The van der Waals surface area contributed by atoms with Crippen molar-refractivity contribution >= 4 is 17.5 Å². The molecule has 0 bridgehead atoms. The maximum absolute atomic E-state index is 12.2. The lowest BCUT2D eigenvalue weighted by Gasteiger charge is -2.17. The molecule has 0 unspecified atom stereocenters. The van der Waals surface area contributed by atoms with Crippen molar-refractivity contribution in [2.24, 2.45) is 7.05 Å². The molecule has 1 aromatic heterocycles. The lowest BCUT2D eigenvalue weighted by Crippen LogP contribution is -2.25. The molecule has 108 valence electrons. The van der Waals surface area contributed by atoms with E-state index in [0.717, 1.165) is 16.9 Å². The SMILES string of the molecule is Cn1cccc1CNC(=O)c1ccc2c(c1)CCC(=O)N2. The van der Waals surface area contributed by atoms with Gasteiger partial charge in [-0.25, -0.2) is 0 Å². The summed E-state index contributed by atoms with van der Waals surface area (Å²) in [5, 5.41) is 5.72. The van der Waals surface area contributed by atoms with Crippen LogP contribution in [0, 0.1) is 0 Å². The molecule has 0 aliphatic carbocycles. The normalized spacial score (nSPS) is 13.5. The molecule has 3 rings (SSSR count). The van der Waals surface area contributed by atoms with Gasteiger partial charge in [0.25, 0.3) is 5.91 Å². The van der Waals surface area contributed by atoms with E-state index in [1.54, 1.807) is 12.1 Å². The predicted octanol–water partition coefficient (Wildman–Crippen LogP) is 1.84. The van der Waals surface area contributed by atoms with Crippen LogP contribution in [0.1, 0.15) is 28.0 Å². The monoisotopic (exact) mass is 283 g/mol. The minimum absolute atomic E-state index is 0.0309. The van der Waals surface area contributed by atoms with E-state index in [0.29, 0.717) is 24.9 Å². The van der Waals surface area contributed by atoms with Gasteiger partial charge in [-0.2, -0.15) is 0 Å². The first-order chi connectivity index (χ1) is 10.1. The molecular formula is C16H17N3O2. The number of nitrogens with one attached hydrogen (secondary N) is 2. The van der Waals surface area contributed by atoms with Gasteiger partial charge in [0.2, 0.25) is 5.91 Å². The Morgan fingerprint density at radius 3 is 2.95 bits per heavy atom. The Labute approximate surface area is 123 Å². The van der Waals surface area contributed by atoms with Crippen molar-refractivity contribution in [3.63, 3.8) is 0 Å². The molecule has 2 N–H and O–H groups in total. The van der Waals surface area contributed by atoms with Crippen molar-refractivity contribution in [2.45, 2.75) is 19.4 Å². The van der Waals surface area contributed by atoms with E-state index in [-0.39, 0.29) is 11.8 Å². The molecule has 2 aromatic rings. The molecule has 0 spiro atoms. The van der Waals surface area contributed by atoms with Crippen LogP contribution in [0.5, 0.6) is 0 Å². The Morgan fingerprint density at radius 1 is 1.33 bits per heavy atom. The number of anilines is 1. The fourth-order valence-electron chi connectivity index (χ4n) is 2.48. The van der Waals surface area contributed by atoms with Gasteiger partial charge in [0.15, 0.2) is 0 Å². The van der Waals surface area contributed by atoms with Crippen LogP contribution < -0.4 is 10.6 Å². The average molecular weight is 283 g/mol. The molecule has 1 aliphatic heterocycles. The smallest absolute Gasteiger partial charge is 0.251 e. The quantitative estimate of drug-likeness (QED) is 0.903. The molecular weight excluding hydrogens is 266 g/mol. The Balaban J connectivity index is 1.70. The van der Waals surface area contributed by atoms with Gasteiger partial charge >= 0.3 is 0 Å². The van der Waals surface area contributed by atoms with Gasteiger partial charge in [-0.3, -0.25) is 9.59 Å². The minimum atomic E-state index is -0.101. The largest absolute Gasteiger partial charge is 0.353 e. The average Bonchev–Trinajstić information content (AvgIpc) is 2.89. The number of fused-ring (bicyclic) bond motifs is 1. The topological polar surface area (TPSA) is 63.1 Å². The molecule has 0 atom stereocenters. The summed E-state index contributed by atoms with van der Waals surface area (Å²) in [6.45, 7) is 0.496. The molecule has 0 saturated carbocycles. The van der Waals surface area contributed by atoms with Gasteiger partial charge in [-0.05, 0) is 42.3 Å². The van der Waals surface area contributed by atoms with E-state index < -0.39 is 0 Å². The number of hydrogen-bond donors (Lipinski definition) is 2. The molecule has 0 saturated heterocycles. The lowest BCUT2D eigenvalue weighted by atomic mass is 10.00.